The number of para-hydroxylation sites is 1. The molecule has 1 saturated carbocycles. The first-order valence-corrected chi connectivity index (χ1v) is 8.65. The summed E-state index contributed by atoms with van der Waals surface area (Å²) in [4.78, 5) is 14.4. The van der Waals surface area contributed by atoms with E-state index in [1.807, 2.05) is 6.07 Å². The molecule has 4 heteroatoms. The summed E-state index contributed by atoms with van der Waals surface area (Å²) in [7, 11) is 0. The number of rotatable bonds is 4. The fourth-order valence-electron chi connectivity index (χ4n) is 3.59. The molecule has 1 aromatic rings. The van der Waals surface area contributed by atoms with Crippen molar-refractivity contribution in [1.82, 2.24) is 10.6 Å². The molecule has 1 aromatic carbocycles. The molecule has 0 bridgehead atoms. The van der Waals surface area contributed by atoms with Crippen molar-refractivity contribution in [3.63, 3.8) is 0 Å². The van der Waals surface area contributed by atoms with E-state index in [1.54, 1.807) is 0 Å². The summed E-state index contributed by atoms with van der Waals surface area (Å²) in [6.45, 7) is 2.90. The van der Waals surface area contributed by atoms with E-state index in [1.165, 1.54) is 24.9 Å². The highest BCUT2D eigenvalue weighted by molar-refractivity contribution is 5.74. The zero-order chi connectivity index (χ0) is 15.2. The third kappa shape index (κ3) is 4.15. The van der Waals surface area contributed by atoms with Crippen molar-refractivity contribution >= 4 is 11.7 Å². The third-order valence-corrected chi connectivity index (χ3v) is 4.90. The lowest BCUT2D eigenvalue weighted by Gasteiger charge is -2.23. The molecule has 1 unspecified atom stereocenters. The van der Waals surface area contributed by atoms with E-state index >= 15 is 0 Å². The van der Waals surface area contributed by atoms with Gasteiger partial charge >= 0.3 is 6.03 Å². The number of hydrogen-bond acceptors (Lipinski definition) is 2. The van der Waals surface area contributed by atoms with Gasteiger partial charge in [0.1, 0.15) is 0 Å². The van der Waals surface area contributed by atoms with Crippen LogP contribution >= 0.6 is 0 Å². The smallest absolute Gasteiger partial charge is 0.315 e. The van der Waals surface area contributed by atoms with Crippen LogP contribution in [-0.2, 0) is 0 Å². The second kappa shape index (κ2) is 7.52. The lowest BCUT2D eigenvalue weighted by atomic mass is 9.96. The first kappa shape index (κ1) is 15.2. The van der Waals surface area contributed by atoms with Crippen molar-refractivity contribution < 1.29 is 4.79 Å². The SMILES string of the molecule is O=C(NCC1CCN(c2ccccc2)C1)NC1CCCCC1. The summed E-state index contributed by atoms with van der Waals surface area (Å²) in [5.41, 5.74) is 1.29. The lowest BCUT2D eigenvalue weighted by Crippen LogP contribution is -2.44. The third-order valence-electron chi connectivity index (χ3n) is 4.90. The fourth-order valence-corrected chi connectivity index (χ4v) is 3.59. The molecule has 0 aromatic heterocycles. The monoisotopic (exact) mass is 301 g/mol. The molecule has 1 aliphatic carbocycles. The molecule has 1 atom stereocenters. The highest BCUT2D eigenvalue weighted by Gasteiger charge is 2.23. The number of urea groups is 1. The molecule has 2 N–H and O–H groups in total. The van der Waals surface area contributed by atoms with Crippen LogP contribution in [0.3, 0.4) is 0 Å². The molecule has 1 aliphatic heterocycles. The summed E-state index contributed by atoms with van der Waals surface area (Å²) in [5.74, 6) is 0.553. The van der Waals surface area contributed by atoms with Crippen LogP contribution in [0.4, 0.5) is 10.5 Å². The fraction of sp³-hybridized carbons (Fsp3) is 0.611. The number of amides is 2. The minimum absolute atomic E-state index is 0.0186. The molecule has 4 nitrogen and oxygen atoms in total. The predicted octanol–water partition coefficient (Wildman–Crippen LogP) is 3.14. The van der Waals surface area contributed by atoms with E-state index in [4.69, 9.17) is 0 Å². The number of carbonyl (C=O) groups excluding carboxylic acids is 1. The average molecular weight is 301 g/mol. The highest BCUT2D eigenvalue weighted by atomic mass is 16.2. The van der Waals surface area contributed by atoms with Crippen LogP contribution in [0.1, 0.15) is 38.5 Å². The summed E-state index contributed by atoms with van der Waals surface area (Å²) >= 11 is 0. The number of anilines is 1. The zero-order valence-electron chi connectivity index (χ0n) is 13.3. The van der Waals surface area contributed by atoms with Gasteiger partial charge in [-0.1, -0.05) is 37.5 Å². The largest absolute Gasteiger partial charge is 0.371 e. The Kier molecular flexibility index (Phi) is 5.20. The van der Waals surface area contributed by atoms with Crippen molar-refractivity contribution in [2.45, 2.75) is 44.6 Å². The van der Waals surface area contributed by atoms with Gasteiger partial charge in [0.2, 0.25) is 0 Å². The number of benzene rings is 1. The van der Waals surface area contributed by atoms with Gasteiger partial charge in [0, 0.05) is 31.4 Å². The number of carbonyl (C=O) groups is 1. The van der Waals surface area contributed by atoms with Gasteiger partial charge in [-0.25, -0.2) is 4.79 Å². The van der Waals surface area contributed by atoms with Crippen molar-refractivity contribution in [2.75, 3.05) is 24.5 Å². The van der Waals surface area contributed by atoms with Crippen LogP contribution in [0, 0.1) is 5.92 Å². The number of nitrogens with one attached hydrogen (secondary N) is 2. The van der Waals surface area contributed by atoms with Gasteiger partial charge in [0.05, 0.1) is 0 Å². The molecule has 0 spiro atoms. The van der Waals surface area contributed by atoms with E-state index in [-0.39, 0.29) is 6.03 Å². The molecular formula is C18H27N3O. The summed E-state index contributed by atoms with van der Waals surface area (Å²) < 4.78 is 0. The first-order valence-electron chi connectivity index (χ1n) is 8.65. The van der Waals surface area contributed by atoms with Gasteiger partial charge in [-0.3, -0.25) is 0 Å². The number of nitrogens with zero attached hydrogens (tertiary/aromatic N) is 1. The van der Waals surface area contributed by atoms with Crippen LogP contribution in [0.5, 0.6) is 0 Å². The van der Waals surface area contributed by atoms with E-state index in [0.29, 0.717) is 12.0 Å². The van der Waals surface area contributed by atoms with Gasteiger partial charge in [0.25, 0.3) is 0 Å². The summed E-state index contributed by atoms with van der Waals surface area (Å²) in [6.07, 6.45) is 7.24. The minimum Gasteiger partial charge on any atom is -0.371 e. The maximum absolute atomic E-state index is 12.0. The van der Waals surface area contributed by atoms with E-state index in [2.05, 4.69) is 39.8 Å². The Morgan fingerprint density at radius 1 is 1.09 bits per heavy atom. The Morgan fingerprint density at radius 2 is 1.86 bits per heavy atom. The second-order valence-electron chi connectivity index (χ2n) is 6.63. The molecule has 1 heterocycles. The topological polar surface area (TPSA) is 44.4 Å². The standard InChI is InChI=1S/C18H27N3O/c22-18(20-16-7-3-1-4-8-16)19-13-15-11-12-21(14-15)17-9-5-2-6-10-17/h2,5-6,9-10,15-16H,1,3-4,7-8,11-14H2,(H2,19,20,22). The molecule has 3 rings (SSSR count). The lowest BCUT2D eigenvalue weighted by molar-refractivity contribution is 0.231. The highest BCUT2D eigenvalue weighted by Crippen LogP contribution is 2.23. The molecule has 22 heavy (non-hydrogen) atoms. The maximum Gasteiger partial charge on any atom is 0.315 e. The molecule has 1 saturated heterocycles. The van der Waals surface area contributed by atoms with Gasteiger partial charge in [-0.05, 0) is 37.3 Å². The molecular weight excluding hydrogens is 274 g/mol. The molecule has 2 fully saturated rings. The average Bonchev–Trinajstić information content (AvgIpc) is 3.04. The van der Waals surface area contributed by atoms with E-state index in [0.717, 1.165) is 38.9 Å². The minimum atomic E-state index is 0.0186. The van der Waals surface area contributed by atoms with Gasteiger partial charge in [-0.2, -0.15) is 0 Å². The Bertz CT molecular complexity index is 470. The van der Waals surface area contributed by atoms with Gasteiger partial charge in [-0.15, -0.1) is 0 Å². The Hall–Kier alpha value is -1.71. The number of hydrogen-bond donors (Lipinski definition) is 2. The van der Waals surface area contributed by atoms with Crippen LogP contribution < -0.4 is 15.5 Å². The van der Waals surface area contributed by atoms with Crippen LogP contribution in [-0.4, -0.2) is 31.7 Å². The molecule has 2 aliphatic rings. The zero-order valence-corrected chi connectivity index (χ0v) is 13.3. The van der Waals surface area contributed by atoms with Crippen molar-refractivity contribution in [3.8, 4) is 0 Å². The van der Waals surface area contributed by atoms with Gasteiger partial charge in [0.15, 0.2) is 0 Å². The quantitative estimate of drug-likeness (QED) is 0.897. The Labute approximate surface area is 133 Å². The molecule has 120 valence electrons. The van der Waals surface area contributed by atoms with Crippen molar-refractivity contribution in [2.24, 2.45) is 5.92 Å². The molecule has 2 amide bonds. The van der Waals surface area contributed by atoms with Crippen LogP contribution in [0.15, 0.2) is 30.3 Å². The maximum atomic E-state index is 12.0. The van der Waals surface area contributed by atoms with Crippen molar-refractivity contribution in [1.29, 1.82) is 0 Å². The molecule has 0 radical (unpaired) electrons. The second-order valence-corrected chi connectivity index (χ2v) is 6.63. The predicted molar refractivity (Wildman–Crippen MR) is 90.2 cm³/mol. The normalized spacial score (nSPS) is 22.5. The van der Waals surface area contributed by atoms with Crippen molar-refractivity contribution in [3.05, 3.63) is 30.3 Å². The summed E-state index contributed by atoms with van der Waals surface area (Å²) in [5, 5.41) is 6.19. The van der Waals surface area contributed by atoms with Crippen LogP contribution in [0.2, 0.25) is 0 Å². The Morgan fingerprint density at radius 3 is 2.64 bits per heavy atom. The van der Waals surface area contributed by atoms with E-state index in [9.17, 15) is 4.79 Å². The summed E-state index contributed by atoms with van der Waals surface area (Å²) in [6, 6.07) is 10.9. The van der Waals surface area contributed by atoms with E-state index < -0.39 is 0 Å². The Balaban J connectivity index is 1.38. The van der Waals surface area contributed by atoms with Gasteiger partial charge < -0.3 is 15.5 Å². The first-order chi connectivity index (χ1) is 10.8. The van der Waals surface area contributed by atoms with Crippen LogP contribution in [0.25, 0.3) is 0 Å².